The minimum atomic E-state index is -0.434. The molecule has 0 amide bonds. The van der Waals surface area contributed by atoms with Crippen molar-refractivity contribution in [3.05, 3.63) is 59.2 Å². The third kappa shape index (κ3) is 1.86. The maximum atomic E-state index is 12.4. The molecule has 2 aliphatic heterocycles. The Bertz CT molecular complexity index is 1050. The minimum absolute atomic E-state index is 0.0540. The quantitative estimate of drug-likeness (QED) is 0.565. The van der Waals surface area contributed by atoms with Gasteiger partial charge >= 0.3 is 0 Å². The topological polar surface area (TPSA) is 31.2 Å². The average Bonchev–Trinajstić information content (AvgIpc) is 3.06. The van der Waals surface area contributed by atoms with Gasteiger partial charge in [0.1, 0.15) is 11.4 Å². The molecule has 3 heterocycles. The standard InChI is InChI=1S/C21H19NO2S/c1-12-8-9-18-15(10-12)16-11-25-20-19(21(16,3)24-18)14-6-4-5-7-17(14)22(20)13(2)23/h4-10,16H,11H2,1-3H3/t16-,21+/m0/s1. The van der Waals surface area contributed by atoms with Crippen LogP contribution in [0.2, 0.25) is 0 Å². The lowest BCUT2D eigenvalue weighted by Gasteiger charge is -2.35. The van der Waals surface area contributed by atoms with Gasteiger partial charge < -0.3 is 4.74 Å². The summed E-state index contributed by atoms with van der Waals surface area (Å²) in [7, 11) is 0. The van der Waals surface area contributed by atoms with Crippen LogP contribution in [0.3, 0.4) is 0 Å². The highest BCUT2D eigenvalue weighted by Crippen LogP contribution is 2.59. The number of para-hydroxylation sites is 1. The highest BCUT2D eigenvalue weighted by Gasteiger charge is 2.52. The van der Waals surface area contributed by atoms with Crippen LogP contribution >= 0.6 is 11.8 Å². The number of carbonyl (C=O) groups excluding carboxylic acids is 1. The molecule has 126 valence electrons. The summed E-state index contributed by atoms with van der Waals surface area (Å²) in [6.07, 6.45) is 0. The number of benzene rings is 2. The summed E-state index contributed by atoms with van der Waals surface area (Å²) in [4.78, 5) is 12.4. The van der Waals surface area contributed by atoms with Gasteiger partial charge in [0.2, 0.25) is 5.91 Å². The Labute approximate surface area is 151 Å². The highest BCUT2D eigenvalue weighted by atomic mass is 32.2. The van der Waals surface area contributed by atoms with E-state index >= 15 is 0 Å². The molecule has 3 nitrogen and oxygen atoms in total. The van der Waals surface area contributed by atoms with Gasteiger partial charge in [-0.1, -0.05) is 35.9 Å². The van der Waals surface area contributed by atoms with E-state index in [1.807, 2.05) is 22.8 Å². The lowest BCUT2D eigenvalue weighted by molar-refractivity contribution is 0.0866. The van der Waals surface area contributed by atoms with Gasteiger partial charge in [-0.15, -0.1) is 11.8 Å². The molecule has 1 aromatic heterocycles. The second-order valence-corrected chi connectivity index (χ2v) is 8.17. The van der Waals surface area contributed by atoms with E-state index in [1.54, 1.807) is 18.7 Å². The van der Waals surface area contributed by atoms with Gasteiger partial charge in [-0.25, -0.2) is 0 Å². The molecule has 0 saturated carbocycles. The Hall–Kier alpha value is -2.20. The van der Waals surface area contributed by atoms with E-state index in [1.165, 1.54) is 11.1 Å². The van der Waals surface area contributed by atoms with E-state index < -0.39 is 5.60 Å². The number of fused-ring (bicyclic) bond motifs is 7. The summed E-state index contributed by atoms with van der Waals surface area (Å²) in [5.41, 5.74) is 4.25. The van der Waals surface area contributed by atoms with E-state index in [-0.39, 0.29) is 5.91 Å². The molecule has 2 atom stereocenters. The number of rotatable bonds is 0. The number of hydrogen-bond acceptors (Lipinski definition) is 3. The molecular weight excluding hydrogens is 330 g/mol. The first-order chi connectivity index (χ1) is 12.0. The Morgan fingerprint density at radius 1 is 1.28 bits per heavy atom. The van der Waals surface area contributed by atoms with Crippen molar-refractivity contribution in [2.75, 3.05) is 5.75 Å². The van der Waals surface area contributed by atoms with Crippen molar-refractivity contribution in [1.82, 2.24) is 4.57 Å². The van der Waals surface area contributed by atoms with Gasteiger partial charge in [-0.05, 0) is 26.0 Å². The van der Waals surface area contributed by atoms with Crippen LogP contribution in [-0.2, 0) is 5.60 Å². The van der Waals surface area contributed by atoms with Crippen LogP contribution in [0.5, 0.6) is 5.75 Å². The van der Waals surface area contributed by atoms with E-state index in [0.29, 0.717) is 5.92 Å². The zero-order chi connectivity index (χ0) is 17.3. The van der Waals surface area contributed by atoms with E-state index in [9.17, 15) is 4.79 Å². The molecule has 0 spiro atoms. The van der Waals surface area contributed by atoms with E-state index in [4.69, 9.17) is 4.74 Å². The molecule has 2 aliphatic rings. The fourth-order valence-corrected chi connectivity index (χ4v) is 6.05. The summed E-state index contributed by atoms with van der Waals surface area (Å²) >= 11 is 1.78. The van der Waals surface area contributed by atoms with Crippen LogP contribution in [0.15, 0.2) is 47.5 Å². The summed E-state index contributed by atoms with van der Waals surface area (Å²) in [5, 5.41) is 2.16. The molecule has 0 fully saturated rings. The third-order valence-electron chi connectivity index (χ3n) is 5.56. The number of ether oxygens (including phenoxy) is 1. The molecule has 0 unspecified atom stereocenters. The molecule has 2 aromatic carbocycles. The Balaban J connectivity index is 1.82. The second-order valence-electron chi connectivity index (χ2n) is 7.17. The summed E-state index contributed by atoms with van der Waals surface area (Å²) in [6, 6.07) is 14.6. The number of aromatic nitrogens is 1. The predicted molar refractivity (Wildman–Crippen MR) is 101 cm³/mol. The molecule has 0 saturated heterocycles. The average molecular weight is 349 g/mol. The Morgan fingerprint density at radius 3 is 2.88 bits per heavy atom. The van der Waals surface area contributed by atoms with Gasteiger partial charge in [0.05, 0.1) is 10.5 Å². The van der Waals surface area contributed by atoms with Crippen LogP contribution in [0.25, 0.3) is 10.9 Å². The van der Waals surface area contributed by atoms with Crippen LogP contribution in [0.1, 0.15) is 41.3 Å². The number of aryl methyl sites for hydroxylation is 1. The van der Waals surface area contributed by atoms with Crippen LogP contribution in [0, 0.1) is 6.92 Å². The minimum Gasteiger partial charge on any atom is -0.482 e. The molecule has 0 radical (unpaired) electrons. The van der Waals surface area contributed by atoms with Crippen molar-refractivity contribution < 1.29 is 9.53 Å². The summed E-state index contributed by atoms with van der Waals surface area (Å²) < 4.78 is 8.40. The number of carbonyl (C=O) groups is 1. The molecular formula is C21H19NO2S. The Morgan fingerprint density at radius 2 is 2.08 bits per heavy atom. The predicted octanol–water partition coefficient (Wildman–Crippen LogP) is 5.11. The number of nitrogens with zero attached hydrogens (tertiary/aromatic N) is 1. The lowest BCUT2D eigenvalue weighted by Crippen LogP contribution is -2.36. The second kappa shape index (κ2) is 4.92. The van der Waals surface area contributed by atoms with Crippen molar-refractivity contribution in [2.24, 2.45) is 0 Å². The molecule has 3 aromatic rings. The van der Waals surface area contributed by atoms with Gasteiger partial charge in [-0.3, -0.25) is 9.36 Å². The molecule has 5 rings (SSSR count). The zero-order valence-electron chi connectivity index (χ0n) is 14.5. The normalized spacial score (nSPS) is 23.7. The van der Waals surface area contributed by atoms with Crippen molar-refractivity contribution in [1.29, 1.82) is 0 Å². The van der Waals surface area contributed by atoms with Crippen molar-refractivity contribution >= 4 is 28.6 Å². The van der Waals surface area contributed by atoms with Crippen LogP contribution in [0.4, 0.5) is 0 Å². The third-order valence-corrected chi connectivity index (χ3v) is 6.72. The maximum Gasteiger partial charge on any atom is 0.228 e. The largest absolute Gasteiger partial charge is 0.482 e. The number of hydrogen-bond donors (Lipinski definition) is 0. The molecule has 4 heteroatoms. The van der Waals surface area contributed by atoms with Crippen molar-refractivity contribution in [2.45, 2.75) is 37.3 Å². The summed E-state index contributed by atoms with van der Waals surface area (Å²) in [5.74, 6) is 2.25. The molecule has 25 heavy (non-hydrogen) atoms. The first kappa shape index (κ1) is 15.1. The SMILES string of the molecule is CC(=O)n1c2c(c3ccccc31)[C@]1(C)Oc3ccc(C)cc3[C@@H]1CS2. The first-order valence-corrected chi connectivity index (χ1v) is 9.56. The van der Waals surface area contributed by atoms with Gasteiger partial charge in [-0.2, -0.15) is 0 Å². The van der Waals surface area contributed by atoms with Crippen molar-refractivity contribution in [3.63, 3.8) is 0 Å². The van der Waals surface area contributed by atoms with Crippen LogP contribution < -0.4 is 4.74 Å². The fourth-order valence-electron chi connectivity index (χ4n) is 4.41. The molecule has 0 N–H and O–H groups in total. The molecule has 0 bridgehead atoms. The molecule has 0 aliphatic carbocycles. The zero-order valence-corrected chi connectivity index (χ0v) is 15.3. The van der Waals surface area contributed by atoms with Crippen LogP contribution in [-0.4, -0.2) is 16.2 Å². The highest BCUT2D eigenvalue weighted by molar-refractivity contribution is 7.99. The van der Waals surface area contributed by atoms with Crippen molar-refractivity contribution in [3.8, 4) is 5.75 Å². The smallest absolute Gasteiger partial charge is 0.228 e. The summed E-state index contributed by atoms with van der Waals surface area (Å²) in [6.45, 7) is 5.94. The van der Waals surface area contributed by atoms with E-state index in [2.05, 4.69) is 38.1 Å². The number of thioether (sulfide) groups is 1. The fraction of sp³-hybridized carbons (Fsp3) is 0.286. The first-order valence-electron chi connectivity index (χ1n) is 8.58. The lowest BCUT2D eigenvalue weighted by atomic mass is 9.81. The monoisotopic (exact) mass is 349 g/mol. The maximum absolute atomic E-state index is 12.4. The Kier molecular flexibility index (Phi) is 2.97. The van der Waals surface area contributed by atoms with Gasteiger partial charge in [0.25, 0.3) is 0 Å². The van der Waals surface area contributed by atoms with E-state index in [0.717, 1.165) is 33.0 Å². The van der Waals surface area contributed by atoms with Gasteiger partial charge in [0.15, 0.2) is 0 Å². The van der Waals surface area contributed by atoms with Gasteiger partial charge in [0, 0.05) is 35.1 Å².